The molecule has 0 aromatic carbocycles. The van der Waals surface area contributed by atoms with E-state index < -0.39 is 6.29 Å². The molecule has 1 aromatic heterocycles. The molecule has 0 bridgehead atoms. The lowest BCUT2D eigenvalue weighted by atomic mass is 10.5. The third-order valence-corrected chi connectivity index (χ3v) is 1.46. The highest BCUT2D eigenvalue weighted by Crippen LogP contribution is 2.15. The minimum absolute atomic E-state index is 0.366. The van der Waals surface area contributed by atoms with Gasteiger partial charge in [0.25, 0.3) is 12.2 Å². The van der Waals surface area contributed by atoms with E-state index in [4.69, 9.17) is 18.6 Å². The van der Waals surface area contributed by atoms with Gasteiger partial charge in [-0.1, -0.05) is 6.58 Å². The van der Waals surface area contributed by atoms with E-state index in [9.17, 15) is 0 Å². The summed E-state index contributed by atoms with van der Waals surface area (Å²) in [6, 6.07) is 3.40. The van der Waals surface area contributed by atoms with Gasteiger partial charge in [-0.15, -0.1) is 0 Å². The van der Waals surface area contributed by atoms with E-state index in [1.54, 1.807) is 12.1 Å². The van der Waals surface area contributed by atoms with Crippen LogP contribution in [0.4, 0.5) is 0 Å². The number of rotatable bonds is 5. The van der Waals surface area contributed by atoms with Gasteiger partial charge < -0.3 is 18.6 Å². The Hall–Kier alpha value is -1.42. The minimum Gasteiger partial charge on any atom is -0.495 e. The smallest absolute Gasteiger partial charge is 0.286 e. The van der Waals surface area contributed by atoms with Gasteiger partial charge in [0.2, 0.25) is 0 Å². The molecule has 4 nitrogen and oxygen atoms in total. The van der Waals surface area contributed by atoms with Crippen LogP contribution in [0.3, 0.4) is 0 Å². The van der Waals surface area contributed by atoms with Gasteiger partial charge in [0, 0.05) is 13.2 Å². The maximum absolute atomic E-state index is 5.24. The van der Waals surface area contributed by atoms with Crippen molar-refractivity contribution < 1.29 is 18.6 Å². The zero-order valence-electron chi connectivity index (χ0n) is 7.65. The highest BCUT2D eigenvalue weighted by molar-refractivity contribution is 5.06. The van der Waals surface area contributed by atoms with E-state index in [-0.39, 0.29) is 0 Å². The van der Waals surface area contributed by atoms with Crippen molar-refractivity contribution in [2.24, 2.45) is 0 Å². The highest BCUT2D eigenvalue weighted by atomic mass is 16.7. The van der Waals surface area contributed by atoms with E-state index in [0.717, 1.165) is 0 Å². The zero-order valence-corrected chi connectivity index (χ0v) is 7.65. The standard InChI is InChI=1S/C9H12O4/c1-7(10-2)9(11-3)13-8-5-4-6-12-8/h4-6,9H,1H2,2-3H3. The molecule has 0 aliphatic heterocycles. The summed E-state index contributed by atoms with van der Waals surface area (Å²) in [5.74, 6) is 0.754. The predicted molar refractivity (Wildman–Crippen MR) is 46.3 cm³/mol. The summed E-state index contributed by atoms with van der Waals surface area (Å²) in [7, 11) is 3.00. The third kappa shape index (κ3) is 2.52. The molecule has 0 amide bonds. The Balaban J connectivity index is 2.54. The molecule has 1 rings (SSSR count). The predicted octanol–water partition coefficient (Wildman–Crippen LogP) is 1.79. The Labute approximate surface area is 76.7 Å². The van der Waals surface area contributed by atoms with E-state index in [0.29, 0.717) is 11.7 Å². The van der Waals surface area contributed by atoms with Crippen LogP contribution in [0, 0.1) is 0 Å². The quantitative estimate of drug-likeness (QED) is 0.516. The first-order valence-corrected chi connectivity index (χ1v) is 3.73. The second-order valence-corrected chi connectivity index (χ2v) is 2.29. The summed E-state index contributed by atoms with van der Waals surface area (Å²) < 4.78 is 20.0. The molecule has 0 aliphatic rings. The molecule has 0 fully saturated rings. The Morgan fingerprint density at radius 1 is 1.54 bits per heavy atom. The molecule has 4 heteroatoms. The van der Waals surface area contributed by atoms with Gasteiger partial charge in [-0.2, -0.15) is 0 Å². The van der Waals surface area contributed by atoms with Gasteiger partial charge >= 0.3 is 0 Å². The van der Waals surface area contributed by atoms with Crippen LogP contribution >= 0.6 is 0 Å². The lowest BCUT2D eigenvalue weighted by Gasteiger charge is -2.16. The van der Waals surface area contributed by atoms with Gasteiger partial charge in [-0.3, -0.25) is 0 Å². The molecule has 0 N–H and O–H groups in total. The van der Waals surface area contributed by atoms with Crippen LogP contribution in [0.15, 0.2) is 35.2 Å². The average Bonchev–Trinajstić information content (AvgIpc) is 2.65. The molecular weight excluding hydrogens is 172 g/mol. The molecule has 1 atom stereocenters. The minimum atomic E-state index is -0.642. The third-order valence-electron chi connectivity index (χ3n) is 1.46. The first-order chi connectivity index (χ1) is 6.27. The molecule has 0 aliphatic carbocycles. The molecule has 13 heavy (non-hydrogen) atoms. The van der Waals surface area contributed by atoms with E-state index >= 15 is 0 Å². The van der Waals surface area contributed by atoms with Crippen LogP contribution in [0.2, 0.25) is 0 Å². The van der Waals surface area contributed by atoms with E-state index in [2.05, 4.69) is 6.58 Å². The van der Waals surface area contributed by atoms with Crippen molar-refractivity contribution in [1.29, 1.82) is 0 Å². The number of hydrogen-bond acceptors (Lipinski definition) is 4. The fourth-order valence-electron chi connectivity index (χ4n) is 0.778. The van der Waals surface area contributed by atoms with Crippen LogP contribution in [0.25, 0.3) is 0 Å². The highest BCUT2D eigenvalue weighted by Gasteiger charge is 2.14. The van der Waals surface area contributed by atoms with Crippen molar-refractivity contribution >= 4 is 0 Å². The van der Waals surface area contributed by atoms with Crippen LogP contribution < -0.4 is 4.74 Å². The molecule has 1 heterocycles. The van der Waals surface area contributed by atoms with E-state index in [1.165, 1.54) is 20.5 Å². The van der Waals surface area contributed by atoms with Crippen molar-refractivity contribution in [2.45, 2.75) is 6.29 Å². The maximum atomic E-state index is 5.24. The number of methoxy groups -OCH3 is 2. The molecule has 0 saturated heterocycles. The molecule has 0 spiro atoms. The van der Waals surface area contributed by atoms with Crippen LogP contribution in [0.1, 0.15) is 0 Å². The Kier molecular flexibility index (Phi) is 3.40. The summed E-state index contributed by atoms with van der Waals surface area (Å²) >= 11 is 0. The van der Waals surface area contributed by atoms with Crippen molar-refractivity contribution in [2.75, 3.05) is 14.2 Å². The second-order valence-electron chi connectivity index (χ2n) is 2.29. The Morgan fingerprint density at radius 2 is 2.31 bits per heavy atom. The van der Waals surface area contributed by atoms with Gasteiger partial charge in [0.15, 0.2) is 5.76 Å². The van der Waals surface area contributed by atoms with Crippen molar-refractivity contribution in [3.05, 3.63) is 30.7 Å². The largest absolute Gasteiger partial charge is 0.495 e. The summed E-state index contributed by atoms with van der Waals surface area (Å²) in [6.07, 6.45) is 0.869. The summed E-state index contributed by atoms with van der Waals surface area (Å²) in [5, 5.41) is 0. The first-order valence-electron chi connectivity index (χ1n) is 3.73. The average molecular weight is 184 g/mol. The van der Waals surface area contributed by atoms with Crippen LogP contribution in [-0.4, -0.2) is 20.5 Å². The van der Waals surface area contributed by atoms with Crippen molar-refractivity contribution in [3.63, 3.8) is 0 Å². The second kappa shape index (κ2) is 4.57. The Morgan fingerprint density at radius 3 is 2.77 bits per heavy atom. The fourth-order valence-corrected chi connectivity index (χ4v) is 0.778. The van der Waals surface area contributed by atoms with Gasteiger partial charge in [-0.25, -0.2) is 0 Å². The number of hydrogen-bond donors (Lipinski definition) is 0. The van der Waals surface area contributed by atoms with Gasteiger partial charge in [0.1, 0.15) is 0 Å². The monoisotopic (exact) mass is 184 g/mol. The van der Waals surface area contributed by atoms with Crippen LogP contribution in [0.5, 0.6) is 5.95 Å². The van der Waals surface area contributed by atoms with Gasteiger partial charge in [0.05, 0.1) is 13.4 Å². The normalized spacial score (nSPS) is 12.2. The van der Waals surface area contributed by atoms with Crippen LogP contribution in [-0.2, 0) is 9.47 Å². The molecular formula is C9H12O4. The number of ether oxygens (including phenoxy) is 3. The van der Waals surface area contributed by atoms with Crippen molar-refractivity contribution in [3.8, 4) is 5.95 Å². The van der Waals surface area contributed by atoms with Crippen molar-refractivity contribution in [1.82, 2.24) is 0 Å². The van der Waals surface area contributed by atoms with E-state index in [1.807, 2.05) is 0 Å². The maximum Gasteiger partial charge on any atom is 0.286 e. The molecule has 72 valence electrons. The first kappa shape index (κ1) is 9.67. The summed E-state index contributed by atoms with van der Waals surface area (Å²) in [6.45, 7) is 3.61. The molecule has 0 radical (unpaired) electrons. The van der Waals surface area contributed by atoms with Gasteiger partial charge in [-0.05, 0) is 6.07 Å². The lowest BCUT2D eigenvalue weighted by molar-refractivity contribution is -0.0665. The fraction of sp³-hybridized carbons (Fsp3) is 0.333. The number of furan rings is 1. The Bertz CT molecular complexity index is 253. The molecule has 1 aromatic rings. The summed E-state index contributed by atoms with van der Waals surface area (Å²) in [5.41, 5.74) is 0. The SMILES string of the molecule is C=C(OC)C(OC)Oc1ccco1. The lowest BCUT2D eigenvalue weighted by Crippen LogP contribution is -2.21. The molecule has 0 saturated carbocycles. The molecule has 1 unspecified atom stereocenters. The zero-order chi connectivity index (χ0) is 9.68. The summed E-state index contributed by atoms with van der Waals surface area (Å²) in [4.78, 5) is 0. The topological polar surface area (TPSA) is 40.8 Å².